The summed E-state index contributed by atoms with van der Waals surface area (Å²) in [6, 6.07) is 6.95. The van der Waals surface area contributed by atoms with E-state index in [0.717, 1.165) is 12.1 Å². The summed E-state index contributed by atoms with van der Waals surface area (Å²) in [5, 5.41) is 16.8. The molecule has 8 nitrogen and oxygen atoms in total. The van der Waals surface area contributed by atoms with Gasteiger partial charge in [0.1, 0.15) is 5.69 Å². The molecule has 0 atom stereocenters. The average molecular weight is 485 g/mol. The predicted octanol–water partition coefficient (Wildman–Crippen LogP) is 4.48. The molecule has 2 aromatic carbocycles. The average Bonchev–Trinajstić information content (AvgIpc) is 2.78. The molecule has 1 fully saturated rings. The third kappa shape index (κ3) is 5.54. The first-order chi connectivity index (χ1) is 15.5. The Kier molecular flexibility index (Phi) is 7.11. The van der Waals surface area contributed by atoms with Gasteiger partial charge >= 0.3 is 6.18 Å². The van der Waals surface area contributed by atoms with Crippen molar-refractivity contribution in [2.75, 3.05) is 30.4 Å². The number of alkyl halides is 3. The second-order valence-corrected chi connectivity index (χ2v) is 7.89. The number of piperidine rings is 1. The lowest BCUT2D eigenvalue weighted by atomic mass is 9.95. The van der Waals surface area contributed by atoms with Crippen LogP contribution in [-0.2, 0) is 11.0 Å². The fourth-order valence-electron chi connectivity index (χ4n) is 3.65. The fraction of sp³-hybridized carbons (Fsp3) is 0.333. The molecule has 0 spiro atoms. The Morgan fingerprint density at radius 3 is 2.39 bits per heavy atom. The van der Waals surface area contributed by atoms with E-state index in [2.05, 4.69) is 10.6 Å². The summed E-state index contributed by atoms with van der Waals surface area (Å²) >= 11 is 6.01. The van der Waals surface area contributed by atoms with E-state index in [1.54, 1.807) is 11.0 Å². The Hall–Kier alpha value is -3.34. The molecule has 2 N–H and O–H groups in total. The van der Waals surface area contributed by atoms with Crippen LogP contribution in [0.15, 0.2) is 36.4 Å². The molecule has 0 radical (unpaired) electrons. The van der Waals surface area contributed by atoms with E-state index in [1.165, 1.54) is 19.2 Å². The van der Waals surface area contributed by atoms with Crippen molar-refractivity contribution in [3.8, 4) is 0 Å². The van der Waals surface area contributed by atoms with Crippen molar-refractivity contribution in [2.24, 2.45) is 5.92 Å². The zero-order valence-corrected chi connectivity index (χ0v) is 18.2. The fourth-order valence-corrected chi connectivity index (χ4v) is 3.86. The van der Waals surface area contributed by atoms with Crippen molar-refractivity contribution < 1.29 is 27.7 Å². The van der Waals surface area contributed by atoms with E-state index in [4.69, 9.17) is 11.6 Å². The summed E-state index contributed by atoms with van der Waals surface area (Å²) < 4.78 is 38.8. The highest BCUT2D eigenvalue weighted by Gasteiger charge is 2.35. The van der Waals surface area contributed by atoms with E-state index < -0.39 is 34.2 Å². The Balaban J connectivity index is 1.68. The monoisotopic (exact) mass is 484 g/mol. The van der Waals surface area contributed by atoms with Crippen LogP contribution in [0.4, 0.5) is 30.2 Å². The molecule has 1 heterocycles. The molecule has 0 unspecified atom stereocenters. The molecule has 0 aliphatic carbocycles. The van der Waals surface area contributed by atoms with Gasteiger partial charge in [-0.3, -0.25) is 19.7 Å². The molecule has 3 rings (SSSR count). The first kappa shape index (κ1) is 24.3. The first-order valence-electron chi connectivity index (χ1n) is 9.94. The van der Waals surface area contributed by atoms with Crippen molar-refractivity contribution in [3.05, 3.63) is 62.7 Å². The largest absolute Gasteiger partial charge is 0.416 e. The van der Waals surface area contributed by atoms with Gasteiger partial charge in [-0.25, -0.2) is 0 Å². The van der Waals surface area contributed by atoms with Crippen LogP contribution in [0.1, 0.15) is 28.8 Å². The van der Waals surface area contributed by atoms with Gasteiger partial charge in [0.2, 0.25) is 5.91 Å². The molecule has 2 amide bonds. The second kappa shape index (κ2) is 9.65. The molecule has 0 aromatic heterocycles. The minimum absolute atomic E-state index is 0.0831. The molecule has 33 heavy (non-hydrogen) atoms. The number of rotatable bonds is 5. The zero-order valence-electron chi connectivity index (χ0n) is 17.4. The number of nitro groups is 1. The SMILES string of the molecule is CNC(=O)c1cc(NC(=O)C2CCN(c3ccc(C(F)(F)F)cc3[N+](=O)[O-])CC2)ccc1Cl. The van der Waals surface area contributed by atoms with Crippen molar-refractivity contribution in [1.82, 2.24) is 5.32 Å². The summed E-state index contributed by atoms with van der Waals surface area (Å²) in [5.74, 6) is -1.10. The van der Waals surface area contributed by atoms with Crippen molar-refractivity contribution in [1.29, 1.82) is 0 Å². The Morgan fingerprint density at radius 2 is 1.82 bits per heavy atom. The maximum absolute atomic E-state index is 12.9. The number of nitrogens with zero attached hydrogens (tertiary/aromatic N) is 2. The number of amides is 2. The standard InChI is InChI=1S/C21H20ClF3N4O4/c1-26-20(31)15-11-14(3-4-16(15)22)27-19(30)12-6-8-28(9-7-12)17-5-2-13(21(23,24)25)10-18(17)29(32)33/h2-5,10-12H,6-9H2,1H3,(H,26,31)(H,27,30). The molecule has 0 bridgehead atoms. The van der Waals surface area contributed by atoms with Crippen LogP contribution in [0.5, 0.6) is 0 Å². The smallest absolute Gasteiger partial charge is 0.366 e. The van der Waals surface area contributed by atoms with Gasteiger partial charge in [-0.2, -0.15) is 13.2 Å². The highest BCUT2D eigenvalue weighted by Crippen LogP contribution is 2.37. The van der Waals surface area contributed by atoms with Crippen LogP contribution in [0, 0.1) is 16.0 Å². The van der Waals surface area contributed by atoms with Crippen molar-refractivity contribution in [2.45, 2.75) is 19.0 Å². The molecule has 12 heteroatoms. The number of anilines is 2. The van der Waals surface area contributed by atoms with E-state index in [-0.39, 0.29) is 35.3 Å². The summed E-state index contributed by atoms with van der Waals surface area (Å²) in [4.78, 5) is 36.7. The van der Waals surface area contributed by atoms with Gasteiger partial charge in [0.15, 0.2) is 0 Å². The summed E-state index contributed by atoms with van der Waals surface area (Å²) in [6.45, 7) is 0.517. The lowest BCUT2D eigenvalue weighted by Crippen LogP contribution is -2.38. The first-order valence-corrected chi connectivity index (χ1v) is 10.3. The number of halogens is 4. The molecule has 1 aliphatic heterocycles. The number of nitrogens with one attached hydrogen (secondary N) is 2. The van der Waals surface area contributed by atoms with Gasteiger partial charge in [-0.1, -0.05) is 11.6 Å². The summed E-state index contributed by atoms with van der Waals surface area (Å²) in [5.41, 5.74) is -1.04. The van der Waals surface area contributed by atoms with E-state index in [9.17, 15) is 32.9 Å². The van der Waals surface area contributed by atoms with Crippen LogP contribution in [0.2, 0.25) is 5.02 Å². The Morgan fingerprint density at radius 1 is 1.15 bits per heavy atom. The van der Waals surface area contributed by atoms with Gasteiger partial charge in [-0.05, 0) is 43.2 Å². The van der Waals surface area contributed by atoms with Crippen molar-refractivity contribution in [3.63, 3.8) is 0 Å². The summed E-state index contributed by atoms with van der Waals surface area (Å²) in [7, 11) is 1.46. The number of hydrogen-bond acceptors (Lipinski definition) is 5. The number of carbonyl (C=O) groups excluding carboxylic acids is 2. The molecule has 1 saturated heterocycles. The van der Waals surface area contributed by atoms with Crippen molar-refractivity contribution >= 4 is 40.5 Å². The Bertz CT molecular complexity index is 1090. The number of nitro benzene ring substituents is 1. The Labute approximate surface area is 191 Å². The summed E-state index contributed by atoms with van der Waals surface area (Å²) in [6.07, 6.45) is -3.99. The predicted molar refractivity (Wildman–Crippen MR) is 117 cm³/mol. The molecular weight excluding hydrogens is 465 g/mol. The van der Waals surface area contributed by atoms with Gasteiger partial charge in [-0.15, -0.1) is 0 Å². The van der Waals surface area contributed by atoms with Crippen LogP contribution >= 0.6 is 11.6 Å². The van der Waals surface area contributed by atoms with E-state index >= 15 is 0 Å². The number of hydrogen-bond donors (Lipinski definition) is 2. The molecule has 2 aromatic rings. The van der Waals surface area contributed by atoms with E-state index in [0.29, 0.717) is 24.6 Å². The molecule has 176 valence electrons. The van der Waals surface area contributed by atoms with Gasteiger partial charge in [0, 0.05) is 37.8 Å². The number of benzene rings is 2. The van der Waals surface area contributed by atoms with Gasteiger partial charge in [0.25, 0.3) is 11.6 Å². The molecule has 0 saturated carbocycles. The van der Waals surface area contributed by atoms with Crippen LogP contribution < -0.4 is 15.5 Å². The van der Waals surface area contributed by atoms with Gasteiger partial charge in [0.05, 0.1) is 21.1 Å². The van der Waals surface area contributed by atoms with Gasteiger partial charge < -0.3 is 15.5 Å². The topological polar surface area (TPSA) is 105 Å². The maximum Gasteiger partial charge on any atom is 0.416 e. The second-order valence-electron chi connectivity index (χ2n) is 7.48. The normalized spacial score (nSPS) is 14.6. The minimum Gasteiger partial charge on any atom is -0.366 e. The van der Waals surface area contributed by atoms with Crippen LogP contribution in [0.25, 0.3) is 0 Å². The van der Waals surface area contributed by atoms with E-state index in [1.807, 2.05) is 0 Å². The lowest BCUT2D eigenvalue weighted by molar-refractivity contribution is -0.384. The molecule has 1 aliphatic rings. The highest BCUT2D eigenvalue weighted by atomic mass is 35.5. The maximum atomic E-state index is 12.9. The highest BCUT2D eigenvalue weighted by molar-refractivity contribution is 6.34. The van der Waals surface area contributed by atoms with Crippen LogP contribution in [-0.4, -0.2) is 36.9 Å². The van der Waals surface area contributed by atoms with Crippen LogP contribution in [0.3, 0.4) is 0 Å². The minimum atomic E-state index is -4.69. The third-order valence-electron chi connectivity index (χ3n) is 5.41. The third-order valence-corrected chi connectivity index (χ3v) is 5.74. The quantitative estimate of drug-likeness (QED) is 0.481. The molecular formula is C21H20ClF3N4O4. The zero-order chi connectivity index (χ0) is 24.3. The lowest BCUT2D eigenvalue weighted by Gasteiger charge is -2.32. The number of carbonyl (C=O) groups is 2.